The van der Waals surface area contributed by atoms with Gasteiger partial charge in [0.15, 0.2) is 11.9 Å². The monoisotopic (exact) mass is 237 g/mol. The van der Waals surface area contributed by atoms with E-state index in [1.54, 1.807) is 6.07 Å². The van der Waals surface area contributed by atoms with Gasteiger partial charge >= 0.3 is 5.97 Å². The highest BCUT2D eigenvalue weighted by atomic mass is 16.4. The van der Waals surface area contributed by atoms with Crippen LogP contribution in [-0.2, 0) is 4.79 Å². The molecule has 2 aromatic rings. The third-order valence-electron chi connectivity index (χ3n) is 2.51. The number of hydrogen-bond donors (Lipinski definition) is 5. The number of rotatable bonds is 3. The third-order valence-corrected chi connectivity index (χ3v) is 2.51. The zero-order valence-electron chi connectivity index (χ0n) is 8.66. The number of nitrogens with one attached hydrogen (secondary N) is 1. The summed E-state index contributed by atoms with van der Waals surface area (Å²) in [6, 6.07) is 4.59. The molecule has 0 fully saturated rings. The van der Waals surface area contributed by atoms with Crippen LogP contribution in [-0.4, -0.2) is 37.6 Å². The number of hydrogen-bond acceptors (Lipinski definition) is 5. The first-order valence-corrected chi connectivity index (χ1v) is 4.83. The second-order valence-corrected chi connectivity index (χ2v) is 3.64. The second kappa shape index (κ2) is 4.04. The first kappa shape index (κ1) is 11.4. The van der Waals surface area contributed by atoms with Gasteiger partial charge in [-0.3, -0.25) is 5.10 Å². The average Bonchev–Trinajstić information content (AvgIpc) is 2.68. The van der Waals surface area contributed by atoms with Crippen molar-refractivity contribution in [2.24, 2.45) is 0 Å². The topological polar surface area (TPSA) is 132 Å². The molecule has 7 nitrogen and oxygen atoms in total. The number of benzene rings is 1. The van der Waals surface area contributed by atoms with Crippen LogP contribution in [0.5, 0.6) is 0 Å². The van der Waals surface area contributed by atoms with Gasteiger partial charge in [-0.1, -0.05) is 6.07 Å². The molecule has 0 aliphatic rings. The number of nitrogen functional groups attached to an aromatic ring is 1. The Hall–Kier alpha value is -2.12. The van der Waals surface area contributed by atoms with E-state index in [-0.39, 0.29) is 5.56 Å². The fraction of sp³-hybridized carbons (Fsp3) is 0.200. The van der Waals surface area contributed by atoms with Crippen LogP contribution in [0.15, 0.2) is 18.2 Å². The Labute approximate surface area is 95.5 Å². The van der Waals surface area contributed by atoms with Crippen LogP contribution >= 0.6 is 0 Å². The summed E-state index contributed by atoms with van der Waals surface area (Å²) >= 11 is 0. The van der Waals surface area contributed by atoms with Gasteiger partial charge in [0.1, 0.15) is 6.10 Å². The van der Waals surface area contributed by atoms with Crippen molar-refractivity contribution in [2.75, 3.05) is 5.73 Å². The van der Waals surface area contributed by atoms with Crippen LogP contribution in [0, 0.1) is 0 Å². The standard InChI is InChI=1S/C10H11N3O4/c11-9-5-2-1-4(3-6(5)12-13-9)7(14)8(15)10(16)17/h1-3,7-8,14-15H,(H,16,17)(H3,11,12,13). The van der Waals surface area contributed by atoms with E-state index in [0.717, 1.165) is 0 Å². The van der Waals surface area contributed by atoms with Crippen LogP contribution in [0.3, 0.4) is 0 Å². The van der Waals surface area contributed by atoms with Crippen molar-refractivity contribution in [3.05, 3.63) is 23.8 Å². The van der Waals surface area contributed by atoms with Crippen LogP contribution in [0.25, 0.3) is 10.9 Å². The summed E-state index contributed by atoms with van der Waals surface area (Å²) in [5, 5.41) is 34.5. The normalized spacial score (nSPS) is 14.7. The fourth-order valence-electron chi connectivity index (χ4n) is 1.56. The fourth-order valence-corrected chi connectivity index (χ4v) is 1.56. The number of carbonyl (C=O) groups is 1. The molecule has 0 aliphatic heterocycles. The summed E-state index contributed by atoms with van der Waals surface area (Å²) in [7, 11) is 0. The van der Waals surface area contributed by atoms with E-state index < -0.39 is 18.2 Å². The number of nitrogens with zero attached hydrogens (tertiary/aromatic N) is 1. The maximum atomic E-state index is 10.5. The quantitative estimate of drug-likeness (QED) is 0.494. The van der Waals surface area contributed by atoms with Crippen molar-refractivity contribution < 1.29 is 20.1 Å². The van der Waals surface area contributed by atoms with Gasteiger partial charge in [-0.05, 0) is 17.7 Å². The lowest BCUT2D eigenvalue weighted by atomic mass is 10.0. The molecule has 2 atom stereocenters. The number of fused-ring (bicyclic) bond motifs is 1. The van der Waals surface area contributed by atoms with Gasteiger partial charge in [0.25, 0.3) is 0 Å². The number of aromatic amines is 1. The average molecular weight is 237 g/mol. The Morgan fingerprint density at radius 2 is 2.12 bits per heavy atom. The summed E-state index contributed by atoms with van der Waals surface area (Å²) < 4.78 is 0. The zero-order valence-corrected chi connectivity index (χ0v) is 8.66. The number of aliphatic hydroxyl groups excluding tert-OH is 2. The molecule has 90 valence electrons. The first-order chi connectivity index (χ1) is 8.00. The largest absolute Gasteiger partial charge is 0.479 e. The molecular formula is C10H11N3O4. The van der Waals surface area contributed by atoms with E-state index in [4.69, 9.17) is 10.8 Å². The maximum absolute atomic E-state index is 10.5. The molecule has 0 spiro atoms. The molecule has 2 rings (SSSR count). The molecule has 17 heavy (non-hydrogen) atoms. The van der Waals surface area contributed by atoms with E-state index in [9.17, 15) is 15.0 Å². The molecule has 1 aromatic carbocycles. The van der Waals surface area contributed by atoms with Crippen molar-refractivity contribution in [1.82, 2.24) is 10.2 Å². The predicted molar refractivity (Wildman–Crippen MR) is 59.1 cm³/mol. The van der Waals surface area contributed by atoms with Crippen molar-refractivity contribution in [1.29, 1.82) is 0 Å². The number of carboxylic acids is 1. The van der Waals surface area contributed by atoms with Crippen LogP contribution in [0.1, 0.15) is 11.7 Å². The highest BCUT2D eigenvalue weighted by molar-refractivity contribution is 5.89. The van der Waals surface area contributed by atoms with Crippen molar-refractivity contribution >= 4 is 22.7 Å². The highest BCUT2D eigenvalue weighted by Gasteiger charge is 2.25. The van der Waals surface area contributed by atoms with Crippen LogP contribution in [0.4, 0.5) is 5.82 Å². The molecule has 0 amide bonds. The lowest BCUT2D eigenvalue weighted by Crippen LogP contribution is -2.27. The molecule has 6 N–H and O–H groups in total. The van der Waals surface area contributed by atoms with Gasteiger partial charge in [-0.2, -0.15) is 5.10 Å². The van der Waals surface area contributed by atoms with Crippen LogP contribution in [0.2, 0.25) is 0 Å². The predicted octanol–water partition coefficient (Wildman–Crippen LogP) is -0.376. The second-order valence-electron chi connectivity index (χ2n) is 3.64. The highest BCUT2D eigenvalue weighted by Crippen LogP contribution is 2.24. The number of carboxylic acid groups (broad SMARTS) is 1. The number of aliphatic carboxylic acids is 1. The van der Waals surface area contributed by atoms with E-state index in [1.165, 1.54) is 12.1 Å². The van der Waals surface area contributed by atoms with E-state index in [2.05, 4.69) is 10.2 Å². The van der Waals surface area contributed by atoms with E-state index in [1.807, 2.05) is 0 Å². The molecule has 1 heterocycles. The van der Waals surface area contributed by atoms with Gasteiger partial charge in [0.05, 0.1) is 5.52 Å². The van der Waals surface area contributed by atoms with Crippen molar-refractivity contribution in [2.45, 2.75) is 12.2 Å². The molecule has 2 unspecified atom stereocenters. The SMILES string of the molecule is Nc1n[nH]c2cc(C(O)C(O)C(=O)O)ccc12. The third kappa shape index (κ3) is 1.93. The van der Waals surface area contributed by atoms with Crippen LogP contribution < -0.4 is 5.73 Å². The van der Waals surface area contributed by atoms with E-state index >= 15 is 0 Å². The number of aliphatic hydroxyl groups is 2. The number of nitrogens with two attached hydrogens (primary N) is 1. The molecule has 0 radical (unpaired) electrons. The summed E-state index contributed by atoms with van der Waals surface area (Å²) in [4.78, 5) is 10.5. The maximum Gasteiger partial charge on any atom is 0.335 e. The summed E-state index contributed by atoms with van der Waals surface area (Å²) in [6.45, 7) is 0. The Balaban J connectivity index is 2.39. The minimum atomic E-state index is -1.87. The molecule has 0 saturated heterocycles. The summed E-state index contributed by atoms with van der Waals surface area (Å²) in [6.07, 6.45) is -3.37. The number of H-pyrrole nitrogens is 1. The van der Waals surface area contributed by atoms with Gasteiger partial charge in [-0.25, -0.2) is 4.79 Å². The number of aromatic nitrogens is 2. The van der Waals surface area contributed by atoms with Gasteiger partial charge in [0, 0.05) is 5.39 Å². The van der Waals surface area contributed by atoms with Crippen molar-refractivity contribution in [3.63, 3.8) is 0 Å². The molecule has 0 bridgehead atoms. The molecule has 7 heteroatoms. The molecule has 0 aliphatic carbocycles. The van der Waals surface area contributed by atoms with Gasteiger partial charge in [-0.15, -0.1) is 0 Å². The Kier molecular flexibility index (Phi) is 2.70. The Bertz CT molecular complexity index is 566. The Morgan fingerprint density at radius 3 is 2.76 bits per heavy atom. The summed E-state index contributed by atoms with van der Waals surface area (Å²) in [5.41, 5.74) is 6.40. The van der Waals surface area contributed by atoms with Crippen molar-refractivity contribution in [3.8, 4) is 0 Å². The lowest BCUT2D eigenvalue weighted by Gasteiger charge is -2.14. The summed E-state index contributed by atoms with van der Waals surface area (Å²) in [5.74, 6) is -1.17. The molecule has 0 saturated carbocycles. The Morgan fingerprint density at radius 1 is 1.41 bits per heavy atom. The van der Waals surface area contributed by atoms with Gasteiger partial charge < -0.3 is 21.1 Å². The molecule has 1 aromatic heterocycles. The smallest absolute Gasteiger partial charge is 0.335 e. The van der Waals surface area contributed by atoms with E-state index in [0.29, 0.717) is 16.7 Å². The van der Waals surface area contributed by atoms with Gasteiger partial charge in [0.2, 0.25) is 0 Å². The first-order valence-electron chi connectivity index (χ1n) is 4.83. The minimum absolute atomic E-state index is 0.274. The zero-order chi connectivity index (χ0) is 12.6. The lowest BCUT2D eigenvalue weighted by molar-refractivity contribution is -0.153. The molecular weight excluding hydrogens is 226 g/mol. The minimum Gasteiger partial charge on any atom is -0.479 e. The number of anilines is 1.